The third-order valence-electron chi connectivity index (χ3n) is 2.26. The van der Waals surface area contributed by atoms with Gasteiger partial charge in [0.15, 0.2) is 0 Å². The van der Waals surface area contributed by atoms with Crippen molar-refractivity contribution in [3.05, 3.63) is 24.3 Å². The van der Waals surface area contributed by atoms with E-state index in [4.69, 9.17) is 0 Å². The maximum absolute atomic E-state index is 4.08. The Morgan fingerprint density at radius 2 is 2.08 bits per heavy atom. The Labute approximate surface area is 86.7 Å². The molecule has 0 aliphatic rings. The quantitative estimate of drug-likeness (QED) is 0.633. The number of hydrogen-bond donors (Lipinski definition) is 1. The SMILES string of the molecule is C=C(CC)C(=C)[C@H](CCSC)NC. The maximum atomic E-state index is 4.08. The summed E-state index contributed by atoms with van der Waals surface area (Å²) in [5.41, 5.74) is 2.33. The lowest BCUT2D eigenvalue weighted by Crippen LogP contribution is -2.28. The van der Waals surface area contributed by atoms with Crippen LogP contribution in [-0.2, 0) is 0 Å². The Morgan fingerprint density at radius 3 is 2.46 bits per heavy atom. The molecule has 0 saturated heterocycles. The molecule has 2 heteroatoms. The van der Waals surface area contributed by atoms with E-state index < -0.39 is 0 Å². The zero-order valence-corrected chi connectivity index (χ0v) is 9.84. The summed E-state index contributed by atoms with van der Waals surface area (Å²) in [5.74, 6) is 1.17. The van der Waals surface area contributed by atoms with Gasteiger partial charge in [0, 0.05) is 6.04 Å². The van der Waals surface area contributed by atoms with E-state index in [-0.39, 0.29) is 0 Å². The van der Waals surface area contributed by atoms with E-state index in [1.165, 1.54) is 16.9 Å². The number of thioether (sulfide) groups is 1. The molecule has 0 aromatic heterocycles. The Bertz CT molecular complexity index is 175. The zero-order chi connectivity index (χ0) is 10.3. The average molecular weight is 199 g/mol. The molecule has 0 bridgehead atoms. The number of likely N-dealkylation sites (N-methyl/N-ethyl adjacent to an activating group) is 1. The van der Waals surface area contributed by atoms with Crippen LogP contribution in [0.5, 0.6) is 0 Å². The van der Waals surface area contributed by atoms with Crippen LogP contribution in [0.3, 0.4) is 0 Å². The van der Waals surface area contributed by atoms with E-state index in [9.17, 15) is 0 Å². The second kappa shape index (κ2) is 7.22. The highest BCUT2D eigenvalue weighted by atomic mass is 32.2. The van der Waals surface area contributed by atoms with Gasteiger partial charge in [0.05, 0.1) is 0 Å². The summed E-state index contributed by atoms with van der Waals surface area (Å²) in [6.07, 6.45) is 4.26. The van der Waals surface area contributed by atoms with Gasteiger partial charge in [0.1, 0.15) is 0 Å². The fraction of sp³-hybridized carbons (Fsp3) is 0.636. The van der Waals surface area contributed by atoms with Crippen LogP contribution < -0.4 is 5.32 Å². The summed E-state index contributed by atoms with van der Waals surface area (Å²) < 4.78 is 0. The third-order valence-corrected chi connectivity index (χ3v) is 2.90. The molecule has 0 saturated carbocycles. The molecule has 0 aliphatic carbocycles. The molecule has 0 radical (unpaired) electrons. The van der Waals surface area contributed by atoms with Gasteiger partial charge < -0.3 is 5.32 Å². The largest absolute Gasteiger partial charge is 0.313 e. The molecule has 76 valence electrons. The van der Waals surface area contributed by atoms with Gasteiger partial charge in [-0.05, 0) is 37.5 Å². The molecule has 13 heavy (non-hydrogen) atoms. The standard InChI is InChI=1S/C11H21NS/c1-6-9(2)10(3)11(12-4)7-8-13-5/h11-12H,2-3,6-8H2,1,4-5H3/t11-/m0/s1. The van der Waals surface area contributed by atoms with Crippen molar-refractivity contribution in [1.29, 1.82) is 0 Å². The Morgan fingerprint density at radius 1 is 1.46 bits per heavy atom. The first kappa shape index (κ1) is 12.8. The fourth-order valence-electron chi connectivity index (χ4n) is 1.20. The molecule has 0 aromatic rings. The Kier molecular flexibility index (Phi) is 7.10. The molecule has 0 heterocycles. The normalized spacial score (nSPS) is 12.5. The van der Waals surface area contributed by atoms with Gasteiger partial charge in [0.2, 0.25) is 0 Å². The predicted molar refractivity (Wildman–Crippen MR) is 64.4 cm³/mol. The van der Waals surface area contributed by atoms with E-state index in [1.54, 1.807) is 0 Å². The maximum Gasteiger partial charge on any atom is 0.0322 e. The van der Waals surface area contributed by atoms with Crippen molar-refractivity contribution in [2.24, 2.45) is 0 Å². The minimum absolute atomic E-state index is 0.403. The molecular weight excluding hydrogens is 178 g/mol. The summed E-state index contributed by atoms with van der Waals surface area (Å²) in [7, 11) is 1.99. The topological polar surface area (TPSA) is 12.0 Å². The van der Waals surface area contributed by atoms with Gasteiger partial charge in [-0.1, -0.05) is 25.7 Å². The summed E-state index contributed by atoms with van der Waals surface area (Å²) in [5, 5.41) is 3.28. The molecule has 0 fully saturated rings. The first-order chi connectivity index (χ1) is 6.17. The number of nitrogens with one attached hydrogen (secondary N) is 1. The molecule has 0 amide bonds. The van der Waals surface area contributed by atoms with Crippen LogP contribution in [0.4, 0.5) is 0 Å². The Balaban J connectivity index is 4.06. The molecule has 0 aromatic carbocycles. The summed E-state index contributed by atoms with van der Waals surface area (Å²) in [6.45, 7) is 10.2. The smallest absolute Gasteiger partial charge is 0.0322 e. The molecule has 1 N–H and O–H groups in total. The molecule has 0 spiro atoms. The molecule has 0 aliphatic heterocycles. The van der Waals surface area contributed by atoms with Crippen LogP contribution in [-0.4, -0.2) is 25.1 Å². The lowest BCUT2D eigenvalue weighted by atomic mass is 9.98. The van der Waals surface area contributed by atoms with E-state index in [2.05, 4.69) is 31.7 Å². The summed E-state index contributed by atoms with van der Waals surface area (Å²) >= 11 is 1.87. The minimum Gasteiger partial charge on any atom is -0.313 e. The van der Waals surface area contributed by atoms with Gasteiger partial charge in [-0.2, -0.15) is 11.8 Å². The molecule has 1 nitrogen and oxygen atoms in total. The lowest BCUT2D eigenvalue weighted by molar-refractivity contribution is 0.625. The molecule has 0 unspecified atom stereocenters. The van der Waals surface area contributed by atoms with Gasteiger partial charge in [0.25, 0.3) is 0 Å². The van der Waals surface area contributed by atoms with Crippen LogP contribution in [0.25, 0.3) is 0 Å². The number of rotatable bonds is 7. The van der Waals surface area contributed by atoms with Crippen LogP contribution in [0, 0.1) is 0 Å². The van der Waals surface area contributed by atoms with Crippen LogP contribution in [0.1, 0.15) is 19.8 Å². The summed E-state index contributed by atoms with van der Waals surface area (Å²) in [6, 6.07) is 0.403. The minimum atomic E-state index is 0.403. The van der Waals surface area contributed by atoms with Crippen molar-refractivity contribution in [3.63, 3.8) is 0 Å². The lowest BCUT2D eigenvalue weighted by Gasteiger charge is -2.19. The zero-order valence-electron chi connectivity index (χ0n) is 9.02. The number of hydrogen-bond acceptors (Lipinski definition) is 2. The highest BCUT2D eigenvalue weighted by Gasteiger charge is 2.10. The van der Waals surface area contributed by atoms with Crippen molar-refractivity contribution in [1.82, 2.24) is 5.32 Å². The van der Waals surface area contributed by atoms with Crippen molar-refractivity contribution in [2.45, 2.75) is 25.8 Å². The van der Waals surface area contributed by atoms with E-state index >= 15 is 0 Å². The fourth-order valence-corrected chi connectivity index (χ4v) is 1.67. The van der Waals surface area contributed by atoms with Gasteiger partial charge >= 0.3 is 0 Å². The highest BCUT2D eigenvalue weighted by Crippen LogP contribution is 2.16. The van der Waals surface area contributed by atoms with E-state index in [1.807, 2.05) is 18.8 Å². The third kappa shape index (κ3) is 4.53. The van der Waals surface area contributed by atoms with Crippen molar-refractivity contribution in [2.75, 3.05) is 19.1 Å². The van der Waals surface area contributed by atoms with Gasteiger partial charge in [-0.3, -0.25) is 0 Å². The Hall–Kier alpha value is -0.210. The van der Waals surface area contributed by atoms with Crippen molar-refractivity contribution in [3.8, 4) is 0 Å². The van der Waals surface area contributed by atoms with Crippen LogP contribution in [0.2, 0.25) is 0 Å². The predicted octanol–water partition coefficient (Wildman–Crippen LogP) is 2.85. The van der Waals surface area contributed by atoms with Crippen LogP contribution >= 0.6 is 11.8 Å². The second-order valence-corrected chi connectivity index (χ2v) is 4.09. The van der Waals surface area contributed by atoms with Crippen molar-refractivity contribution < 1.29 is 0 Å². The summed E-state index contributed by atoms with van der Waals surface area (Å²) in [4.78, 5) is 0. The van der Waals surface area contributed by atoms with Gasteiger partial charge in [-0.25, -0.2) is 0 Å². The van der Waals surface area contributed by atoms with E-state index in [0.717, 1.165) is 12.8 Å². The average Bonchev–Trinajstić information content (AvgIpc) is 2.17. The van der Waals surface area contributed by atoms with Gasteiger partial charge in [-0.15, -0.1) is 0 Å². The monoisotopic (exact) mass is 199 g/mol. The first-order valence-corrected chi connectivity index (χ1v) is 6.09. The van der Waals surface area contributed by atoms with Crippen molar-refractivity contribution >= 4 is 11.8 Å². The molecule has 0 rings (SSSR count). The first-order valence-electron chi connectivity index (χ1n) is 4.70. The molecule has 1 atom stereocenters. The van der Waals surface area contributed by atoms with E-state index in [0.29, 0.717) is 6.04 Å². The van der Waals surface area contributed by atoms with Crippen LogP contribution in [0.15, 0.2) is 24.3 Å². The molecular formula is C11H21NS. The highest BCUT2D eigenvalue weighted by molar-refractivity contribution is 7.98. The second-order valence-electron chi connectivity index (χ2n) is 3.11.